The number of hydrogen-bond donors (Lipinski definition) is 2. The normalized spacial score (nSPS) is 13.2. The van der Waals surface area contributed by atoms with Gasteiger partial charge in [0.05, 0.1) is 17.8 Å². The Hall–Kier alpha value is -2.41. The topological polar surface area (TPSA) is 81.1 Å². The smallest absolute Gasteiger partial charge is 0.253 e. The van der Waals surface area contributed by atoms with Crippen molar-refractivity contribution in [1.82, 2.24) is 20.1 Å². The number of hydrogen-bond acceptors (Lipinski definition) is 5. The molecule has 24 heavy (non-hydrogen) atoms. The van der Waals surface area contributed by atoms with Gasteiger partial charge in [0, 0.05) is 26.8 Å². The van der Waals surface area contributed by atoms with Crippen LogP contribution in [0.2, 0.25) is 0 Å². The Balaban J connectivity index is 1.63. The molecule has 2 N–H and O–H groups in total. The third-order valence-electron chi connectivity index (χ3n) is 4.17. The number of para-hydroxylation sites is 1. The first-order valence-electron chi connectivity index (χ1n) is 8.29. The lowest BCUT2D eigenvalue weighted by molar-refractivity contribution is 0.0950. The summed E-state index contributed by atoms with van der Waals surface area (Å²) in [5, 5.41) is 14.3. The van der Waals surface area contributed by atoms with Crippen molar-refractivity contribution in [2.24, 2.45) is 0 Å². The number of ether oxygens (including phenoxy) is 1. The number of nitrogens with zero attached hydrogens (tertiary/aromatic N) is 3. The van der Waals surface area contributed by atoms with E-state index in [9.17, 15) is 4.79 Å². The predicted octanol–water partition coefficient (Wildman–Crippen LogP) is 1.60. The van der Waals surface area contributed by atoms with Gasteiger partial charge >= 0.3 is 0 Å². The Labute approximate surface area is 141 Å². The standard InChI is InChI=1S/C17H23N5O2/c1-24-10-4-9-22-12-20-21-15(22)11-19-17(23)14-7-2-5-13-6-3-8-18-16(13)14/h2,5,7,12,18H,3-4,6,8-11H2,1H3,(H,19,23). The molecular weight excluding hydrogens is 306 g/mol. The predicted molar refractivity (Wildman–Crippen MR) is 90.9 cm³/mol. The summed E-state index contributed by atoms with van der Waals surface area (Å²) < 4.78 is 7.00. The Bertz CT molecular complexity index is 698. The molecule has 1 amide bonds. The van der Waals surface area contributed by atoms with Crippen molar-refractivity contribution in [3.8, 4) is 0 Å². The van der Waals surface area contributed by atoms with Crippen LogP contribution in [0.5, 0.6) is 0 Å². The van der Waals surface area contributed by atoms with Gasteiger partial charge in [0.25, 0.3) is 5.91 Å². The monoisotopic (exact) mass is 329 g/mol. The molecule has 0 unspecified atom stereocenters. The molecule has 2 heterocycles. The molecule has 0 radical (unpaired) electrons. The second-order valence-electron chi connectivity index (χ2n) is 5.84. The fourth-order valence-corrected chi connectivity index (χ4v) is 2.94. The fraction of sp³-hybridized carbons (Fsp3) is 0.471. The van der Waals surface area contributed by atoms with Crippen molar-refractivity contribution in [3.05, 3.63) is 41.5 Å². The summed E-state index contributed by atoms with van der Waals surface area (Å²) in [5.41, 5.74) is 2.86. The van der Waals surface area contributed by atoms with Gasteiger partial charge in [-0.25, -0.2) is 0 Å². The van der Waals surface area contributed by atoms with E-state index in [1.165, 1.54) is 5.56 Å². The van der Waals surface area contributed by atoms with E-state index in [4.69, 9.17) is 4.74 Å². The van der Waals surface area contributed by atoms with E-state index in [-0.39, 0.29) is 5.91 Å². The summed E-state index contributed by atoms with van der Waals surface area (Å²) in [6.45, 7) is 2.72. The van der Waals surface area contributed by atoms with Crippen LogP contribution in [0, 0.1) is 0 Å². The minimum Gasteiger partial charge on any atom is -0.385 e. The molecule has 0 atom stereocenters. The van der Waals surface area contributed by atoms with Crippen LogP contribution in [0.1, 0.15) is 34.6 Å². The largest absolute Gasteiger partial charge is 0.385 e. The molecule has 1 aromatic carbocycles. The summed E-state index contributed by atoms with van der Waals surface area (Å²) in [6, 6.07) is 5.87. The molecule has 128 valence electrons. The first-order chi connectivity index (χ1) is 11.8. The second kappa shape index (κ2) is 7.92. The van der Waals surface area contributed by atoms with Crippen molar-refractivity contribution in [3.63, 3.8) is 0 Å². The molecule has 0 bridgehead atoms. The minimum absolute atomic E-state index is 0.0901. The van der Waals surface area contributed by atoms with Crippen LogP contribution < -0.4 is 10.6 Å². The number of anilines is 1. The SMILES string of the molecule is COCCCn1cnnc1CNC(=O)c1cccc2c1NCCC2. The van der Waals surface area contributed by atoms with Crippen molar-refractivity contribution < 1.29 is 9.53 Å². The van der Waals surface area contributed by atoms with E-state index < -0.39 is 0 Å². The summed E-state index contributed by atoms with van der Waals surface area (Å²) in [6.07, 6.45) is 4.68. The molecule has 7 heteroatoms. The number of nitrogens with one attached hydrogen (secondary N) is 2. The number of aromatic nitrogens is 3. The highest BCUT2D eigenvalue weighted by Crippen LogP contribution is 2.25. The highest BCUT2D eigenvalue weighted by molar-refractivity contribution is 6.00. The van der Waals surface area contributed by atoms with Gasteiger partial charge in [0.1, 0.15) is 6.33 Å². The van der Waals surface area contributed by atoms with E-state index in [2.05, 4.69) is 26.9 Å². The van der Waals surface area contributed by atoms with E-state index >= 15 is 0 Å². The van der Waals surface area contributed by atoms with Crippen molar-refractivity contribution in [2.45, 2.75) is 32.4 Å². The molecule has 7 nitrogen and oxygen atoms in total. The summed E-state index contributed by atoms with van der Waals surface area (Å²) in [7, 11) is 1.68. The molecule has 0 spiro atoms. The van der Waals surface area contributed by atoms with Gasteiger partial charge in [-0.15, -0.1) is 10.2 Å². The maximum absolute atomic E-state index is 12.6. The van der Waals surface area contributed by atoms with Gasteiger partial charge in [-0.2, -0.15) is 0 Å². The lowest BCUT2D eigenvalue weighted by Gasteiger charge is -2.20. The Morgan fingerprint density at radius 1 is 1.46 bits per heavy atom. The maximum Gasteiger partial charge on any atom is 0.253 e. The van der Waals surface area contributed by atoms with E-state index in [0.717, 1.165) is 43.9 Å². The Morgan fingerprint density at radius 2 is 2.38 bits per heavy atom. The number of carbonyl (C=O) groups excluding carboxylic acids is 1. The van der Waals surface area contributed by atoms with Crippen molar-refractivity contribution >= 4 is 11.6 Å². The molecular formula is C17H23N5O2. The molecule has 1 aromatic heterocycles. The molecule has 2 aromatic rings. The third kappa shape index (κ3) is 3.73. The first-order valence-corrected chi connectivity index (χ1v) is 8.29. The molecule has 0 saturated carbocycles. The Kier molecular flexibility index (Phi) is 5.43. The number of amides is 1. The van der Waals surface area contributed by atoms with Crippen LogP contribution in [0.15, 0.2) is 24.5 Å². The quantitative estimate of drug-likeness (QED) is 0.754. The van der Waals surface area contributed by atoms with E-state index in [1.807, 2.05) is 16.7 Å². The van der Waals surface area contributed by atoms with Crippen LogP contribution in [-0.2, 0) is 24.2 Å². The third-order valence-corrected chi connectivity index (χ3v) is 4.17. The Morgan fingerprint density at radius 3 is 3.25 bits per heavy atom. The number of rotatable bonds is 7. The van der Waals surface area contributed by atoms with Crippen LogP contribution >= 0.6 is 0 Å². The number of benzene rings is 1. The van der Waals surface area contributed by atoms with Gasteiger partial charge in [-0.1, -0.05) is 12.1 Å². The maximum atomic E-state index is 12.6. The zero-order valence-electron chi connectivity index (χ0n) is 13.9. The lowest BCUT2D eigenvalue weighted by atomic mass is 9.99. The van der Waals surface area contributed by atoms with Gasteiger partial charge in [0.15, 0.2) is 5.82 Å². The summed E-state index contributed by atoms with van der Waals surface area (Å²) >= 11 is 0. The van der Waals surface area contributed by atoms with E-state index in [0.29, 0.717) is 18.7 Å². The molecule has 0 aliphatic carbocycles. The molecule has 3 rings (SSSR count). The fourth-order valence-electron chi connectivity index (χ4n) is 2.94. The van der Waals surface area contributed by atoms with Crippen molar-refractivity contribution in [2.75, 3.05) is 25.6 Å². The molecule has 1 aliphatic heterocycles. The molecule has 0 saturated heterocycles. The average Bonchev–Trinajstić information content (AvgIpc) is 3.07. The first kappa shape index (κ1) is 16.4. The van der Waals surface area contributed by atoms with Gasteiger partial charge in [0.2, 0.25) is 0 Å². The zero-order chi connectivity index (χ0) is 16.8. The minimum atomic E-state index is -0.0901. The van der Waals surface area contributed by atoms with Crippen molar-refractivity contribution in [1.29, 1.82) is 0 Å². The summed E-state index contributed by atoms with van der Waals surface area (Å²) in [4.78, 5) is 12.6. The second-order valence-corrected chi connectivity index (χ2v) is 5.84. The van der Waals surface area contributed by atoms with Crippen LogP contribution in [0.4, 0.5) is 5.69 Å². The highest BCUT2D eigenvalue weighted by Gasteiger charge is 2.17. The van der Waals surface area contributed by atoms with Gasteiger partial charge < -0.3 is 19.9 Å². The highest BCUT2D eigenvalue weighted by atomic mass is 16.5. The zero-order valence-corrected chi connectivity index (χ0v) is 13.9. The molecule has 1 aliphatic rings. The number of carbonyl (C=O) groups is 1. The van der Waals surface area contributed by atoms with E-state index in [1.54, 1.807) is 13.4 Å². The van der Waals surface area contributed by atoms with Crippen LogP contribution in [0.3, 0.4) is 0 Å². The number of aryl methyl sites for hydroxylation is 2. The van der Waals surface area contributed by atoms with Crippen LogP contribution in [0.25, 0.3) is 0 Å². The van der Waals surface area contributed by atoms with Gasteiger partial charge in [-0.05, 0) is 30.9 Å². The average molecular weight is 329 g/mol. The van der Waals surface area contributed by atoms with Crippen LogP contribution in [-0.4, -0.2) is 40.9 Å². The summed E-state index contributed by atoms with van der Waals surface area (Å²) in [5.74, 6) is 0.657. The number of methoxy groups -OCH3 is 1. The molecule has 0 fully saturated rings. The van der Waals surface area contributed by atoms with Gasteiger partial charge in [-0.3, -0.25) is 4.79 Å². The lowest BCUT2D eigenvalue weighted by Crippen LogP contribution is -2.27. The number of fused-ring (bicyclic) bond motifs is 1.